The summed E-state index contributed by atoms with van der Waals surface area (Å²) in [4.78, 5) is 19.1. The van der Waals surface area contributed by atoms with Gasteiger partial charge in [-0.05, 0) is 67.5 Å². The van der Waals surface area contributed by atoms with E-state index < -0.39 is 0 Å². The third kappa shape index (κ3) is 3.06. The van der Waals surface area contributed by atoms with Crippen molar-refractivity contribution < 1.29 is 4.79 Å². The summed E-state index contributed by atoms with van der Waals surface area (Å²) in [6.07, 6.45) is 5.38. The van der Waals surface area contributed by atoms with Gasteiger partial charge in [0.15, 0.2) is 0 Å². The van der Waals surface area contributed by atoms with Crippen molar-refractivity contribution in [2.75, 3.05) is 0 Å². The van der Waals surface area contributed by atoms with Gasteiger partial charge in [-0.1, -0.05) is 30.7 Å². The van der Waals surface area contributed by atoms with Crippen molar-refractivity contribution in [3.05, 3.63) is 53.4 Å². The third-order valence-corrected chi connectivity index (χ3v) is 7.42. The number of nitrogens with zero attached hydrogens (tertiary/aromatic N) is 1. The number of fused-ring (bicyclic) bond motifs is 3. The fourth-order valence-corrected chi connectivity index (χ4v) is 5.90. The van der Waals surface area contributed by atoms with Gasteiger partial charge in [0, 0.05) is 11.4 Å². The van der Waals surface area contributed by atoms with Gasteiger partial charge in [0.1, 0.15) is 0 Å². The molecule has 2 aromatic heterocycles. The summed E-state index contributed by atoms with van der Waals surface area (Å²) >= 11 is 1.65. The molecule has 0 aliphatic heterocycles. The molecule has 4 heteroatoms. The number of hydrogen-bond donors (Lipinski definition) is 1. The maximum atomic E-state index is 13.2. The highest BCUT2D eigenvalue weighted by molar-refractivity contribution is 7.13. The fraction of sp³-hybridized carbons (Fsp3) is 0.391. The van der Waals surface area contributed by atoms with Crippen LogP contribution >= 0.6 is 11.3 Å². The van der Waals surface area contributed by atoms with E-state index in [9.17, 15) is 4.79 Å². The summed E-state index contributed by atoms with van der Waals surface area (Å²) in [5.41, 5.74) is 2.49. The second kappa shape index (κ2) is 6.75. The number of benzene rings is 1. The molecule has 0 unspecified atom stereocenters. The number of thiophene rings is 1. The Morgan fingerprint density at radius 2 is 2.07 bits per heavy atom. The quantitative estimate of drug-likeness (QED) is 0.651. The van der Waals surface area contributed by atoms with Crippen LogP contribution in [0.15, 0.2) is 47.8 Å². The fourth-order valence-electron chi connectivity index (χ4n) is 5.21. The Balaban J connectivity index is 1.47. The summed E-state index contributed by atoms with van der Waals surface area (Å²) in [7, 11) is 0. The van der Waals surface area contributed by atoms with Crippen molar-refractivity contribution >= 4 is 28.1 Å². The van der Waals surface area contributed by atoms with E-state index in [1.165, 1.54) is 25.7 Å². The van der Waals surface area contributed by atoms with Crippen LogP contribution in [0.4, 0.5) is 0 Å². The van der Waals surface area contributed by atoms with E-state index in [2.05, 4.69) is 18.3 Å². The molecule has 0 spiro atoms. The van der Waals surface area contributed by atoms with Crippen LogP contribution in [0.1, 0.15) is 43.0 Å². The summed E-state index contributed by atoms with van der Waals surface area (Å²) in [6, 6.07) is 14.2. The molecule has 5 rings (SSSR count). The van der Waals surface area contributed by atoms with E-state index in [-0.39, 0.29) is 11.9 Å². The zero-order valence-corrected chi connectivity index (χ0v) is 16.3. The van der Waals surface area contributed by atoms with Crippen LogP contribution < -0.4 is 5.32 Å². The standard InChI is InChI=1S/C23H24N2OS/c1-14(18-12-15-8-9-16(18)11-15)24-23(26)19-13-21(22-7-4-10-27-22)25-20-6-3-2-5-17(19)20/h2-7,10,13-16,18H,8-9,11-12H2,1H3,(H,24,26)/t14-,15-,16-,18-/m1/s1. The Morgan fingerprint density at radius 1 is 1.19 bits per heavy atom. The van der Waals surface area contributed by atoms with Crippen molar-refractivity contribution in [2.24, 2.45) is 17.8 Å². The zero-order valence-electron chi connectivity index (χ0n) is 15.5. The van der Waals surface area contributed by atoms with Crippen LogP contribution in [0.25, 0.3) is 21.5 Å². The lowest BCUT2D eigenvalue weighted by Gasteiger charge is -2.28. The average molecular weight is 377 g/mol. The van der Waals surface area contributed by atoms with Gasteiger partial charge < -0.3 is 5.32 Å². The number of hydrogen-bond acceptors (Lipinski definition) is 3. The Kier molecular flexibility index (Phi) is 4.24. The molecule has 2 bridgehead atoms. The number of aromatic nitrogens is 1. The third-order valence-electron chi connectivity index (χ3n) is 6.53. The number of amides is 1. The minimum absolute atomic E-state index is 0.0293. The number of carbonyl (C=O) groups is 1. The molecule has 4 atom stereocenters. The molecule has 0 saturated heterocycles. The van der Waals surface area contributed by atoms with Crippen LogP contribution in [0.3, 0.4) is 0 Å². The van der Waals surface area contributed by atoms with Gasteiger partial charge in [-0.2, -0.15) is 0 Å². The molecule has 0 radical (unpaired) electrons. The van der Waals surface area contributed by atoms with Crippen molar-refractivity contribution in [1.82, 2.24) is 10.3 Å². The topological polar surface area (TPSA) is 42.0 Å². The largest absolute Gasteiger partial charge is 0.349 e. The van der Waals surface area contributed by atoms with E-state index in [4.69, 9.17) is 4.98 Å². The monoisotopic (exact) mass is 376 g/mol. The molecule has 1 amide bonds. The molecule has 2 fully saturated rings. The average Bonchev–Trinajstić information content (AvgIpc) is 3.44. The smallest absolute Gasteiger partial charge is 0.252 e. The minimum atomic E-state index is 0.0293. The molecule has 3 nitrogen and oxygen atoms in total. The lowest BCUT2D eigenvalue weighted by atomic mass is 9.84. The summed E-state index contributed by atoms with van der Waals surface area (Å²) in [5, 5.41) is 6.30. The highest BCUT2D eigenvalue weighted by Crippen LogP contribution is 2.49. The van der Waals surface area contributed by atoms with Crippen LogP contribution in [-0.4, -0.2) is 16.9 Å². The number of carbonyl (C=O) groups excluding carboxylic acids is 1. The molecule has 2 aliphatic rings. The highest BCUT2D eigenvalue weighted by Gasteiger charge is 2.42. The van der Waals surface area contributed by atoms with Gasteiger partial charge in [-0.15, -0.1) is 11.3 Å². The molecular weight excluding hydrogens is 352 g/mol. The van der Waals surface area contributed by atoms with E-state index in [1.54, 1.807) is 11.3 Å². The highest BCUT2D eigenvalue weighted by atomic mass is 32.1. The second-order valence-corrected chi connectivity index (χ2v) is 9.10. The van der Waals surface area contributed by atoms with Gasteiger partial charge in [0.25, 0.3) is 5.91 Å². The van der Waals surface area contributed by atoms with Crippen molar-refractivity contribution in [3.8, 4) is 10.6 Å². The maximum Gasteiger partial charge on any atom is 0.252 e. The minimum Gasteiger partial charge on any atom is -0.349 e. The SMILES string of the molecule is C[C@@H](NC(=O)c1cc(-c2cccs2)nc2ccccc12)[C@H]1C[C@@H]2CC[C@@H]1C2. The molecular formula is C23H24N2OS. The first-order chi connectivity index (χ1) is 13.2. The first-order valence-corrected chi connectivity index (χ1v) is 10.8. The van der Waals surface area contributed by atoms with Crippen molar-refractivity contribution in [1.29, 1.82) is 0 Å². The summed E-state index contributed by atoms with van der Waals surface area (Å²) in [5.74, 6) is 2.37. The molecule has 27 heavy (non-hydrogen) atoms. The second-order valence-electron chi connectivity index (χ2n) is 8.15. The Morgan fingerprint density at radius 3 is 2.81 bits per heavy atom. The maximum absolute atomic E-state index is 13.2. The molecule has 1 aromatic carbocycles. The van der Waals surface area contributed by atoms with Gasteiger partial charge in [-0.3, -0.25) is 4.79 Å². The first kappa shape index (κ1) is 16.9. The first-order valence-electron chi connectivity index (χ1n) is 9.93. The predicted molar refractivity (Wildman–Crippen MR) is 111 cm³/mol. The van der Waals surface area contributed by atoms with Crippen molar-refractivity contribution in [3.63, 3.8) is 0 Å². The van der Waals surface area contributed by atoms with Crippen molar-refractivity contribution in [2.45, 2.75) is 38.6 Å². The molecule has 3 aromatic rings. The summed E-state index contributed by atoms with van der Waals surface area (Å²) < 4.78 is 0. The van der Waals surface area contributed by atoms with Crippen LogP contribution in [0.2, 0.25) is 0 Å². The Bertz CT molecular complexity index is 981. The molecule has 2 heterocycles. The number of pyridine rings is 1. The van der Waals surface area contributed by atoms with E-state index in [0.717, 1.165) is 38.9 Å². The number of para-hydroxylation sites is 1. The molecule has 138 valence electrons. The van der Waals surface area contributed by atoms with Gasteiger partial charge in [0.2, 0.25) is 0 Å². The predicted octanol–water partition coefficient (Wildman–Crippen LogP) is 5.52. The zero-order chi connectivity index (χ0) is 18.4. The van der Waals surface area contributed by atoms with Crippen LogP contribution in [-0.2, 0) is 0 Å². The van der Waals surface area contributed by atoms with Crippen LogP contribution in [0.5, 0.6) is 0 Å². The van der Waals surface area contributed by atoms with Gasteiger partial charge in [0.05, 0.1) is 21.7 Å². The van der Waals surface area contributed by atoms with E-state index >= 15 is 0 Å². The molecule has 1 N–H and O–H groups in total. The van der Waals surface area contributed by atoms with Crippen LogP contribution in [0, 0.1) is 17.8 Å². The Hall–Kier alpha value is -2.20. The lowest BCUT2D eigenvalue weighted by Crippen LogP contribution is -2.40. The normalized spacial score (nSPS) is 25.0. The van der Waals surface area contributed by atoms with E-state index in [0.29, 0.717) is 5.92 Å². The Labute approximate surface area is 163 Å². The van der Waals surface area contributed by atoms with Gasteiger partial charge in [-0.25, -0.2) is 4.98 Å². The lowest BCUT2D eigenvalue weighted by molar-refractivity contribution is 0.0917. The number of nitrogens with one attached hydrogen (secondary N) is 1. The number of rotatable bonds is 4. The summed E-state index contributed by atoms with van der Waals surface area (Å²) in [6.45, 7) is 2.19. The molecule has 2 aliphatic carbocycles. The molecule has 2 saturated carbocycles. The van der Waals surface area contributed by atoms with E-state index in [1.807, 2.05) is 41.8 Å². The van der Waals surface area contributed by atoms with Gasteiger partial charge >= 0.3 is 0 Å².